The van der Waals surface area contributed by atoms with Crippen molar-refractivity contribution in [1.29, 1.82) is 0 Å². The van der Waals surface area contributed by atoms with Crippen LogP contribution in [0.15, 0.2) is 0 Å². The first-order valence-corrected chi connectivity index (χ1v) is 8.20. The molecule has 1 saturated heterocycles. The molecule has 0 aromatic carbocycles. The zero-order valence-corrected chi connectivity index (χ0v) is 13.4. The van der Waals surface area contributed by atoms with Gasteiger partial charge >= 0.3 is 0 Å². The van der Waals surface area contributed by atoms with Crippen LogP contribution in [0.25, 0.3) is 0 Å². The molecule has 116 valence electrons. The first-order chi connectivity index (χ1) is 9.63. The molecule has 2 amide bonds. The van der Waals surface area contributed by atoms with Gasteiger partial charge in [0.2, 0.25) is 11.8 Å². The van der Waals surface area contributed by atoms with E-state index in [0.717, 1.165) is 45.2 Å². The van der Waals surface area contributed by atoms with Gasteiger partial charge in [0.05, 0.1) is 0 Å². The Labute approximate surface area is 123 Å². The topological polar surface area (TPSA) is 40.6 Å². The molecule has 0 unspecified atom stereocenters. The third-order valence-corrected chi connectivity index (χ3v) is 4.24. The third kappa shape index (κ3) is 4.80. The van der Waals surface area contributed by atoms with Crippen molar-refractivity contribution in [2.75, 3.05) is 26.2 Å². The summed E-state index contributed by atoms with van der Waals surface area (Å²) < 4.78 is 0. The largest absolute Gasteiger partial charge is 0.341 e. The number of hydrogen-bond acceptors (Lipinski definition) is 2. The number of unbranched alkanes of at least 4 members (excludes halogenated alkanes) is 1. The summed E-state index contributed by atoms with van der Waals surface area (Å²) in [7, 11) is 0. The summed E-state index contributed by atoms with van der Waals surface area (Å²) >= 11 is 0. The first kappa shape index (κ1) is 17.0. The summed E-state index contributed by atoms with van der Waals surface area (Å²) in [5, 5.41) is 0. The molecule has 0 aromatic heterocycles. The molecule has 4 heteroatoms. The molecule has 0 spiro atoms. The minimum absolute atomic E-state index is 0.150. The Balaban J connectivity index is 2.50. The van der Waals surface area contributed by atoms with Crippen molar-refractivity contribution in [2.45, 2.75) is 59.3 Å². The highest BCUT2D eigenvalue weighted by atomic mass is 16.2. The van der Waals surface area contributed by atoms with Crippen LogP contribution in [0.1, 0.15) is 59.3 Å². The van der Waals surface area contributed by atoms with Crippen LogP contribution in [-0.2, 0) is 9.59 Å². The fourth-order valence-electron chi connectivity index (χ4n) is 2.77. The summed E-state index contributed by atoms with van der Waals surface area (Å²) in [6, 6.07) is 0. The highest BCUT2D eigenvalue weighted by molar-refractivity contribution is 5.79. The van der Waals surface area contributed by atoms with Crippen LogP contribution in [-0.4, -0.2) is 47.8 Å². The van der Waals surface area contributed by atoms with E-state index in [-0.39, 0.29) is 17.7 Å². The Bertz CT molecular complexity index is 314. The molecular weight excluding hydrogens is 252 g/mol. The van der Waals surface area contributed by atoms with Crippen LogP contribution < -0.4 is 0 Å². The zero-order valence-electron chi connectivity index (χ0n) is 13.4. The van der Waals surface area contributed by atoms with E-state index in [1.807, 2.05) is 9.80 Å². The summed E-state index contributed by atoms with van der Waals surface area (Å²) in [5.74, 6) is 0.680. The highest BCUT2D eigenvalue weighted by Gasteiger charge is 2.25. The molecule has 0 bridgehead atoms. The van der Waals surface area contributed by atoms with Gasteiger partial charge in [-0.1, -0.05) is 27.2 Å². The molecule has 4 nitrogen and oxygen atoms in total. The maximum absolute atomic E-state index is 12.4. The van der Waals surface area contributed by atoms with Crippen LogP contribution >= 0.6 is 0 Å². The molecule has 0 aromatic rings. The second kappa shape index (κ2) is 8.98. The van der Waals surface area contributed by atoms with E-state index in [2.05, 4.69) is 20.8 Å². The molecule has 1 aliphatic rings. The number of rotatable bonds is 6. The van der Waals surface area contributed by atoms with Gasteiger partial charge in [0, 0.05) is 38.5 Å². The summed E-state index contributed by atoms with van der Waals surface area (Å²) in [5.41, 5.74) is 0. The van der Waals surface area contributed by atoms with E-state index in [0.29, 0.717) is 19.5 Å². The van der Waals surface area contributed by atoms with Crippen LogP contribution in [0.3, 0.4) is 0 Å². The van der Waals surface area contributed by atoms with Gasteiger partial charge in [-0.05, 0) is 25.7 Å². The van der Waals surface area contributed by atoms with Crippen molar-refractivity contribution in [3.8, 4) is 0 Å². The van der Waals surface area contributed by atoms with E-state index in [4.69, 9.17) is 0 Å². The van der Waals surface area contributed by atoms with Crippen molar-refractivity contribution >= 4 is 11.8 Å². The normalized spacial score (nSPS) is 16.4. The van der Waals surface area contributed by atoms with Gasteiger partial charge < -0.3 is 9.80 Å². The second-order valence-electron chi connectivity index (χ2n) is 5.68. The molecule has 0 saturated carbocycles. The van der Waals surface area contributed by atoms with Crippen LogP contribution in [0, 0.1) is 5.92 Å². The lowest BCUT2D eigenvalue weighted by molar-refractivity contribution is -0.136. The Morgan fingerprint density at radius 3 is 2.15 bits per heavy atom. The van der Waals surface area contributed by atoms with Crippen LogP contribution in [0.2, 0.25) is 0 Å². The fraction of sp³-hybridized carbons (Fsp3) is 0.875. The predicted molar refractivity (Wildman–Crippen MR) is 81.4 cm³/mol. The quantitative estimate of drug-likeness (QED) is 0.751. The number of nitrogens with zero attached hydrogens (tertiary/aromatic N) is 2. The highest BCUT2D eigenvalue weighted by Crippen LogP contribution is 2.14. The Kier molecular flexibility index (Phi) is 7.63. The van der Waals surface area contributed by atoms with E-state index in [1.165, 1.54) is 0 Å². The maximum atomic E-state index is 12.4. The Morgan fingerprint density at radius 1 is 0.950 bits per heavy atom. The summed E-state index contributed by atoms with van der Waals surface area (Å²) in [6.45, 7) is 9.25. The molecule has 0 atom stereocenters. The first-order valence-electron chi connectivity index (χ1n) is 8.20. The monoisotopic (exact) mass is 282 g/mol. The van der Waals surface area contributed by atoms with E-state index >= 15 is 0 Å². The van der Waals surface area contributed by atoms with Gasteiger partial charge in [0.15, 0.2) is 0 Å². The molecule has 1 aliphatic heterocycles. The molecular formula is C16H30N2O2. The lowest BCUT2D eigenvalue weighted by Crippen LogP contribution is -2.39. The van der Waals surface area contributed by atoms with Crippen molar-refractivity contribution in [3.63, 3.8) is 0 Å². The van der Waals surface area contributed by atoms with Crippen molar-refractivity contribution < 1.29 is 9.59 Å². The molecule has 1 rings (SSSR count). The number of carbonyl (C=O) groups is 2. The summed E-state index contributed by atoms with van der Waals surface area (Å²) in [4.78, 5) is 28.3. The molecule has 0 aliphatic carbocycles. The van der Waals surface area contributed by atoms with Crippen LogP contribution in [0.4, 0.5) is 0 Å². The number of hydrogen-bond donors (Lipinski definition) is 0. The second-order valence-corrected chi connectivity index (χ2v) is 5.68. The van der Waals surface area contributed by atoms with Gasteiger partial charge in [-0.25, -0.2) is 0 Å². The van der Waals surface area contributed by atoms with E-state index < -0.39 is 0 Å². The minimum Gasteiger partial charge on any atom is -0.341 e. The van der Waals surface area contributed by atoms with Gasteiger partial charge in [-0.3, -0.25) is 9.59 Å². The van der Waals surface area contributed by atoms with Crippen molar-refractivity contribution in [1.82, 2.24) is 9.80 Å². The summed E-state index contributed by atoms with van der Waals surface area (Å²) in [6.07, 6.45) is 5.39. The average Bonchev–Trinajstić information content (AvgIpc) is 2.71. The zero-order chi connectivity index (χ0) is 15.0. The minimum atomic E-state index is 0.150. The van der Waals surface area contributed by atoms with Crippen molar-refractivity contribution in [2.24, 2.45) is 5.92 Å². The van der Waals surface area contributed by atoms with Crippen LogP contribution in [0.5, 0.6) is 0 Å². The fourth-order valence-corrected chi connectivity index (χ4v) is 2.77. The lowest BCUT2D eigenvalue weighted by atomic mass is 10.0. The number of amides is 2. The average molecular weight is 282 g/mol. The standard InChI is InChI=1S/C16H30N2O2/c1-4-7-9-15(19)17-10-8-11-18(13-12-17)16(20)14(5-2)6-3/h14H,4-13H2,1-3H3. The Hall–Kier alpha value is -1.06. The molecule has 0 radical (unpaired) electrons. The molecule has 20 heavy (non-hydrogen) atoms. The predicted octanol–water partition coefficient (Wildman–Crippen LogP) is 2.67. The van der Waals surface area contributed by atoms with Gasteiger partial charge in [0.1, 0.15) is 0 Å². The van der Waals surface area contributed by atoms with Gasteiger partial charge in [-0.2, -0.15) is 0 Å². The smallest absolute Gasteiger partial charge is 0.225 e. The SMILES string of the molecule is CCCCC(=O)N1CCCN(C(=O)C(CC)CC)CC1. The molecule has 1 fully saturated rings. The van der Waals surface area contributed by atoms with Gasteiger partial charge in [-0.15, -0.1) is 0 Å². The van der Waals surface area contributed by atoms with Gasteiger partial charge in [0.25, 0.3) is 0 Å². The molecule has 0 N–H and O–H groups in total. The third-order valence-electron chi connectivity index (χ3n) is 4.24. The van der Waals surface area contributed by atoms with E-state index in [1.54, 1.807) is 0 Å². The van der Waals surface area contributed by atoms with Crippen molar-refractivity contribution in [3.05, 3.63) is 0 Å². The maximum Gasteiger partial charge on any atom is 0.225 e. The molecule has 1 heterocycles. The number of carbonyl (C=O) groups excluding carboxylic acids is 2. The van der Waals surface area contributed by atoms with E-state index in [9.17, 15) is 9.59 Å². The Morgan fingerprint density at radius 2 is 1.55 bits per heavy atom. The lowest BCUT2D eigenvalue weighted by Gasteiger charge is -2.25.